The molecule has 3 aliphatic rings. The number of nitrogens with zero attached hydrogens (tertiary/aromatic N) is 5. The predicted molar refractivity (Wildman–Crippen MR) is 117 cm³/mol. The highest BCUT2D eigenvalue weighted by atomic mass is 19.1. The van der Waals surface area contributed by atoms with Crippen LogP contribution >= 0.6 is 0 Å². The predicted octanol–water partition coefficient (Wildman–Crippen LogP) is 2.58. The van der Waals surface area contributed by atoms with E-state index in [1.54, 1.807) is 18.3 Å². The highest BCUT2D eigenvalue weighted by Crippen LogP contribution is 2.44. The smallest absolute Gasteiger partial charge is 0.223 e. The molecule has 4 heterocycles. The van der Waals surface area contributed by atoms with Gasteiger partial charge in [0.15, 0.2) is 0 Å². The van der Waals surface area contributed by atoms with Crippen LogP contribution in [0.3, 0.4) is 0 Å². The standard InChI is InChI=1S/C24H27FN6O/c1-16-10-19-14-30(15-20(16)31(19)22-5-2-17(11-26)12-28-22)23(32)6-9-29-24(7-8-24)21-4-3-18(25)13-27-21/h2-5,12-13,16,19-20,29H,6-10,14-15H2,1H3/t16-,19?,20?/m0/s1. The van der Waals surface area contributed by atoms with Gasteiger partial charge in [-0.25, -0.2) is 9.37 Å². The fourth-order valence-electron chi connectivity index (χ4n) is 5.27. The maximum atomic E-state index is 13.2. The molecular weight excluding hydrogens is 407 g/mol. The number of halogens is 1. The van der Waals surface area contributed by atoms with Crippen molar-refractivity contribution in [3.8, 4) is 6.07 Å². The van der Waals surface area contributed by atoms with Crippen molar-refractivity contribution in [2.45, 2.75) is 50.2 Å². The van der Waals surface area contributed by atoms with Gasteiger partial charge in [-0.2, -0.15) is 5.26 Å². The first-order valence-corrected chi connectivity index (χ1v) is 11.3. The minimum Gasteiger partial charge on any atom is -0.347 e. The first kappa shape index (κ1) is 20.8. The Bertz CT molecular complexity index is 1030. The molecule has 2 aromatic heterocycles. The van der Waals surface area contributed by atoms with E-state index in [1.807, 2.05) is 11.0 Å². The van der Waals surface area contributed by atoms with Crippen molar-refractivity contribution in [3.63, 3.8) is 0 Å². The van der Waals surface area contributed by atoms with Crippen LogP contribution in [0.25, 0.3) is 0 Å². The summed E-state index contributed by atoms with van der Waals surface area (Å²) in [4.78, 5) is 26.0. The van der Waals surface area contributed by atoms with Gasteiger partial charge in [-0.15, -0.1) is 0 Å². The zero-order valence-electron chi connectivity index (χ0n) is 18.2. The average molecular weight is 435 g/mol. The lowest BCUT2D eigenvalue weighted by atomic mass is 10.0. The van der Waals surface area contributed by atoms with Crippen molar-refractivity contribution < 1.29 is 9.18 Å². The van der Waals surface area contributed by atoms with Gasteiger partial charge in [0.1, 0.15) is 17.7 Å². The van der Waals surface area contributed by atoms with E-state index in [-0.39, 0.29) is 29.3 Å². The Kier molecular flexibility index (Phi) is 5.30. The summed E-state index contributed by atoms with van der Waals surface area (Å²) in [5.41, 5.74) is 1.20. The van der Waals surface area contributed by atoms with Crippen LogP contribution in [-0.2, 0) is 10.3 Å². The summed E-state index contributed by atoms with van der Waals surface area (Å²) >= 11 is 0. The van der Waals surface area contributed by atoms with Gasteiger partial charge in [0, 0.05) is 38.3 Å². The van der Waals surface area contributed by atoms with Crippen LogP contribution in [0.15, 0.2) is 36.7 Å². The molecule has 1 saturated carbocycles. The lowest BCUT2D eigenvalue weighted by molar-refractivity contribution is -0.132. The van der Waals surface area contributed by atoms with Gasteiger partial charge >= 0.3 is 0 Å². The molecule has 2 aliphatic heterocycles. The number of hydrogen-bond acceptors (Lipinski definition) is 6. The summed E-state index contributed by atoms with van der Waals surface area (Å²) < 4.78 is 13.2. The third-order valence-electron chi connectivity index (χ3n) is 7.15. The summed E-state index contributed by atoms with van der Waals surface area (Å²) in [6.07, 6.45) is 6.25. The fraction of sp³-hybridized carbons (Fsp3) is 0.500. The third-order valence-corrected chi connectivity index (χ3v) is 7.15. The largest absolute Gasteiger partial charge is 0.347 e. The maximum absolute atomic E-state index is 13.2. The second-order valence-electron chi connectivity index (χ2n) is 9.28. The normalized spacial score (nSPS) is 25.5. The molecule has 0 spiro atoms. The van der Waals surface area contributed by atoms with Crippen LogP contribution in [0.2, 0.25) is 0 Å². The quantitative estimate of drug-likeness (QED) is 0.752. The first-order valence-electron chi connectivity index (χ1n) is 11.3. The van der Waals surface area contributed by atoms with Gasteiger partial charge in [-0.3, -0.25) is 9.78 Å². The topological polar surface area (TPSA) is 85.2 Å². The minimum atomic E-state index is -0.334. The zero-order valence-corrected chi connectivity index (χ0v) is 18.2. The number of rotatable bonds is 6. The summed E-state index contributed by atoms with van der Waals surface area (Å²) in [5, 5.41) is 12.5. The molecule has 32 heavy (non-hydrogen) atoms. The molecule has 2 unspecified atom stereocenters. The summed E-state index contributed by atoms with van der Waals surface area (Å²) in [6, 6.07) is 9.49. The number of pyridine rings is 2. The molecule has 166 valence electrons. The lowest BCUT2D eigenvalue weighted by Crippen LogP contribution is -2.56. The van der Waals surface area contributed by atoms with Crippen molar-refractivity contribution in [1.29, 1.82) is 5.26 Å². The van der Waals surface area contributed by atoms with Gasteiger partial charge in [0.2, 0.25) is 5.91 Å². The number of nitriles is 1. The van der Waals surface area contributed by atoms with E-state index in [1.165, 1.54) is 12.3 Å². The van der Waals surface area contributed by atoms with Crippen molar-refractivity contribution in [1.82, 2.24) is 20.2 Å². The number of piperazine rings is 1. The monoisotopic (exact) mass is 434 g/mol. The van der Waals surface area contributed by atoms with Crippen LogP contribution in [0.4, 0.5) is 10.2 Å². The number of hydrogen-bond donors (Lipinski definition) is 1. The molecule has 2 bridgehead atoms. The van der Waals surface area contributed by atoms with E-state index in [9.17, 15) is 9.18 Å². The summed E-state index contributed by atoms with van der Waals surface area (Å²) in [6.45, 7) is 4.22. The van der Waals surface area contributed by atoms with Gasteiger partial charge in [-0.1, -0.05) is 6.92 Å². The molecule has 3 atom stereocenters. The van der Waals surface area contributed by atoms with E-state index < -0.39 is 0 Å². The third kappa shape index (κ3) is 3.82. The number of aromatic nitrogens is 2. The van der Waals surface area contributed by atoms with E-state index in [0.717, 1.165) is 30.8 Å². The van der Waals surface area contributed by atoms with Gasteiger partial charge in [0.25, 0.3) is 0 Å². The van der Waals surface area contributed by atoms with Gasteiger partial charge in [-0.05, 0) is 49.4 Å². The van der Waals surface area contributed by atoms with Crippen molar-refractivity contribution in [2.75, 3.05) is 24.5 Å². The Morgan fingerprint density at radius 1 is 1.25 bits per heavy atom. The zero-order chi connectivity index (χ0) is 22.3. The molecule has 3 fully saturated rings. The van der Waals surface area contributed by atoms with Crippen LogP contribution in [0.5, 0.6) is 0 Å². The Morgan fingerprint density at radius 2 is 2.09 bits per heavy atom. The highest BCUT2D eigenvalue weighted by Gasteiger charge is 2.47. The molecule has 1 amide bonds. The highest BCUT2D eigenvalue weighted by molar-refractivity contribution is 5.77. The minimum absolute atomic E-state index is 0.164. The molecule has 5 rings (SSSR count). The Labute approximate surface area is 187 Å². The van der Waals surface area contributed by atoms with E-state index >= 15 is 0 Å². The molecule has 7 nitrogen and oxygen atoms in total. The molecule has 1 N–H and O–H groups in total. The van der Waals surface area contributed by atoms with Gasteiger partial charge < -0.3 is 15.1 Å². The molecule has 0 aromatic carbocycles. The van der Waals surface area contributed by atoms with E-state index in [2.05, 4.69) is 33.2 Å². The number of fused-ring (bicyclic) bond motifs is 2. The molecular formula is C24H27FN6O. The van der Waals surface area contributed by atoms with Crippen LogP contribution < -0.4 is 10.2 Å². The number of anilines is 1. The Morgan fingerprint density at radius 3 is 2.72 bits per heavy atom. The first-order chi connectivity index (χ1) is 15.5. The number of likely N-dealkylation sites (tertiary alicyclic amines) is 1. The molecule has 8 heteroatoms. The maximum Gasteiger partial charge on any atom is 0.223 e. The Hall–Kier alpha value is -3.05. The number of carbonyl (C=O) groups is 1. The van der Waals surface area contributed by atoms with E-state index in [4.69, 9.17) is 5.26 Å². The second-order valence-corrected chi connectivity index (χ2v) is 9.28. The lowest BCUT2D eigenvalue weighted by Gasteiger charge is -2.42. The molecule has 0 radical (unpaired) electrons. The summed E-state index contributed by atoms with van der Waals surface area (Å²) in [5.74, 6) is 1.20. The molecule has 1 aliphatic carbocycles. The number of nitrogens with one attached hydrogen (secondary N) is 1. The van der Waals surface area contributed by atoms with Gasteiger partial charge in [0.05, 0.1) is 29.0 Å². The van der Waals surface area contributed by atoms with Crippen molar-refractivity contribution in [3.05, 3.63) is 53.7 Å². The molecule has 2 saturated heterocycles. The van der Waals surface area contributed by atoms with Crippen molar-refractivity contribution >= 4 is 11.7 Å². The van der Waals surface area contributed by atoms with Crippen LogP contribution in [-0.4, -0.2) is 52.5 Å². The van der Waals surface area contributed by atoms with Crippen molar-refractivity contribution in [2.24, 2.45) is 5.92 Å². The van der Waals surface area contributed by atoms with E-state index in [0.29, 0.717) is 37.5 Å². The Balaban J connectivity index is 1.18. The average Bonchev–Trinajstić information content (AvgIpc) is 3.56. The summed E-state index contributed by atoms with van der Waals surface area (Å²) in [7, 11) is 0. The molecule has 2 aromatic rings. The van der Waals surface area contributed by atoms with Crippen LogP contribution in [0, 0.1) is 23.1 Å². The number of amides is 1. The number of carbonyl (C=O) groups excluding carboxylic acids is 1. The van der Waals surface area contributed by atoms with Crippen LogP contribution in [0.1, 0.15) is 43.9 Å². The fourth-order valence-corrected chi connectivity index (χ4v) is 5.27. The second kappa shape index (κ2) is 8.14. The SMILES string of the molecule is C[C@H]1CC2CN(C(=O)CCNC3(c4ccc(F)cn4)CC3)CC1N2c1ccc(C#N)cn1.